The van der Waals surface area contributed by atoms with Crippen molar-refractivity contribution in [3.05, 3.63) is 87.4 Å². The molecule has 33 heavy (non-hydrogen) atoms. The molecule has 0 unspecified atom stereocenters. The summed E-state index contributed by atoms with van der Waals surface area (Å²) in [6.45, 7) is 7.91. The summed E-state index contributed by atoms with van der Waals surface area (Å²) in [5.74, 6) is 0.150. The second-order valence-corrected chi connectivity index (χ2v) is 10.6. The minimum atomic E-state index is -3.73. The zero-order valence-corrected chi connectivity index (χ0v) is 21.4. The van der Waals surface area contributed by atoms with Crippen LogP contribution in [0.25, 0.3) is 0 Å². The number of amides is 1. The normalized spacial score (nSPS) is 12.2. The monoisotopic (exact) mass is 530 g/mol. The van der Waals surface area contributed by atoms with Crippen molar-refractivity contribution in [2.75, 3.05) is 11.3 Å². The van der Waals surface area contributed by atoms with Gasteiger partial charge in [0.05, 0.1) is 10.9 Å². The first-order valence-corrected chi connectivity index (χ1v) is 12.7. The summed E-state index contributed by atoms with van der Waals surface area (Å²) >= 11 is 3.32. The lowest BCUT2D eigenvalue weighted by atomic mass is 9.96. The maximum Gasteiger partial charge on any atom is 0.261 e. The Labute approximate surface area is 203 Å². The van der Waals surface area contributed by atoms with Gasteiger partial charge in [0.15, 0.2) is 6.61 Å². The van der Waals surface area contributed by atoms with Crippen LogP contribution < -0.4 is 14.8 Å². The second-order valence-electron chi connectivity index (χ2n) is 7.95. The molecule has 0 spiro atoms. The maximum absolute atomic E-state index is 12.6. The van der Waals surface area contributed by atoms with Crippen LogP contribution in [-0.2, 0) is 14.8 Å². The smallest absolute Gasteiger partial charge is 0.261 e. The highest BCUT2D eigenvalue weighted by Crippen LogP contribution is 2.23. The van der Waals surface area contributed by atoms with E-state index in [1.165, 1.54) is 35.4 Å². The highest BCUT2D eigenvalue weighted by molar-refractivity contribution is 9.10. The molecule has 0 saturated heterocycles. The number of hydrogen-bond donors (Lipinski definition) is 2. The van der Waals surface area contributed by atoms with Gasteiger partial charge in [-0.15, -0.1) is 0 Å². The molecule has 174 valence electrons. The number of anilines is 1. The molecule has 0 fully saturated rings. The summed E-state index contributed by atoms with van der Waals surface area (Å²) in [6.07, 6.45) is 0. The van der Waals surface area contributed by atoms with E-state index in [9.17, 15) is 13.2 Å². The van der Waals surface area contributed by atoms with Gasteiger partial charge in [0.1, 0.15) is 5.75 Å². The van der Waals surface area contributed by atoms with Gasteiger partial charge in [-0.1, -0.05) is 28.1 Å². The van der Waals surface area contributed by atoms with Crippen LogP contribution in [0.1, 0.15) is 35.2 Å². The number of halogens is 1. The van der Waals surface area contributed by atoms with Gasteiger partial charge in [-0.25, -0.2) is 8.42 Å². The molecule has 0 aliphatic heterocycles. The second kappa shape index (κ2) is 10.4. The Kier molecular flexibility index (Phi) is 7.81. The largest absolute Gasteiger partial charge is 0.484 e. The molecular formula is C25H27BrN2O4S. The zero-order chi connectivity index (χ0) is 24.2. The number of nitrogens with one attached hydrogen (secondary N) is 2. The molecule has 0 heterocycles. The van der Waals surface area contributed by atoms with Crippen molar-refractivity contribution in [2.24, 2.45) is 0 Å². The van der Waals surface area contributed by atoms with Gasteiger partial charge in [-0.3, -0.25) is 9.52 Å². The molecule has 6 nitrogen and oxygen atoms in total. The lowest BCUT2D eigenvalue weighted by molar-refractivity contribution is -0.123. The van der Waals surface area contributed by atoms with Gasteiger partial charge in [0, 0.05) is 10.2 Å². The van der Waals surface area contributed by atoms with Gasteiger partial charge in [-0.2, -0.15) is 0 Å². The van der Waals surface area contributed by atoms with Crippen molar-refractivity contribution >= 4 is 37.5 Å². The third kappa shape index (κ3) is 6.58. The molecule has 0 radical (unpaired) electrons. The van der Waals surface area contributed by atoms with E-state index in [-0.39, 0.29) is 23.5 Å². The van der Waals surface area contributed by atoms with E-state index in [2.05, 4.69) is 45.0 Å². The first-order valence-electron chi connectivity index (χ1n) is 10.4. The van der Waals surface area contributed by atoms with Crippen LogP contribution in [0.2, 0.25) is 0 Å². The summed E-state index contributed by atoms with van der Waals surface area (Å²) in [5, 5.41) is 2.95. The molecule has 0 aromatic heterocycles. The van der Waals surface area contributed by atoms with Crippen LogP contribution >= 0.6 is 15.9 Å². The molecule has 0 saturated carbocycles. The summed E-state index contributed by atoms with van der Waals surface area (Å²) in [5.41, 5.74) is 5.05. The summed E-state index contributed by atoms with van der Waals surface area (Å²) in [6, 6.07) is 16.8. The van der Waals surface area contributed by atoms with Crippen molar-refractivity contribution in [1.82, 2.24) is 5.32 Å². The Morgan fingerprint density at radius 1 is 0.939 bits per heavy atom. The van der Waals surface area contributed by atoms with E-state index >= 15 is 0 Å². The van der Waals surface area contributed by atoms with Crippen LogP contribution in [0.5, 0.6) is 5.75 Å². The number of carbonyl (C=O) groups excluding carboxylic acids is 1. The first kappa shape index (κ1) is 24.8. The quantitative estimate of drug-likeness (QED) is 0.406. The SMILES string of the molecule is Cc1cc(C)c([C@@H](C)NC(=O)COc2ccc(S(=O)(=O)Nc3ccc(Br)cc3)cc2)cc1C. The third-order valence-electron chi connectivity index (χ3n) is 5.33. The summed E-state index contributed by atoms with van der Waals surface area (Å²) < 4.78 is 34.1. The van der Waals surface area contributed by atoms with Gasteiger partial charge >= 0.3 is 0 Å². The van der Waals surface area contributed by atoms with Gasteiger partial charge < -0.3 is 10.1 Å². The highest BCUT2D eigenvalue weighted by Gasteiger charge is 2.16. The molecule has 3 aromatic carbocycles. The van der Waals surface area contributed by atoms with E-state index in [1.807, 2.05) is 20.8 Å². The molecule has 2 N–H and O–H groups in total. The summed E-state index contributed by atoms with van der Waals surface area (Å²) in [7, 11) is -3.73. The molecule has 3 aromatic rings. The number of hydrogen-bond acceptors (Lipinski definition) is 4. The molecule has 1 amide bonds. The Balaban J connectivity index is 1.57. The van der Waals surface area contributed by atoms with E-state index < -0.39 is 10.0 Å². The molecular weight excluding hydrogens is 504 g/mol. The Morgan fingerprint density at radius 2 is 1.55 bits per heavy atom. The minimum Gasteiger partial charge on any atom is -0.484 e. The van der Waals surface area contributed by atoms with Crippen molar-refractivity contribution < 1.29 is 17.9 Å². The predicted molar refractivity (Wildman–Crippen MR) is 134 cm³/mol. The number of ether oxygens (including phenoxy) is 1. The van der Waals surface area contributed by atoms with Crippen LogP contribution in [0.4, 0.5) is 5.69 Å². The number of aryl methyl sites for hydroxylation is 3. The van der Waals surface area contributed by atoms with Gasteiger partial charge in [0.25, 0.3) is 15.9 Å². The zero-order valence-electron chi connectivity index (χ0n) is 19.0. The average molecular weight is 531 g/mol. The Hall–Kier alpha value is -2.84. The molecule has 1 atom stereocenters. The van der Waals surface area contributed by atoms with Gasteiger partial charge in [-0.05, 0) is 98.5 Å². The van der Waals surface area contributed by atoms with Gasteiger partial charge in [0.2, 0.25) is 0 Å². The predicted octanol–water partition coefficient (Wildman–Crippen LogP) is 5.43. The van der Waals surface area contributed by atoms with Crippen LogP contribution in [0, 0.1) is 20.8 Å². The third-order valence-corrected chi connectivity index (χ3v) is 7.25. The fraction of sp³-hybridized carbons (Fsp3) is 0.240. The molecule has 0 aliphatic rings. The van der Waals surface area contributed by atoms with E-state index in [0.717, 1.165) is 15.6 Å². The first-order chi connectivity index (χ1) is 15.5. The van der Waals surface area contributed by atoms with Crippen molar-refractivity contribution in [1.29, 1.82) is 0 Å². The molecule has 3 rings (SSSR count). The standard InChI is InChI=1S/C25H27BrN2O4S/c1-16-13-18(3)24(14-17(16)2)19(4)27-25(29)15-32-22-9-11-23(12-10-22)33(30,31)28-21-7-5-20(26)6-8-21/h5-14,19,28H,15H2,1-4H3,(H,27,29)/t19-/m1/s1. The lowest BCUT2D eigenvalue weighted by Crippen LogP contribution is -2.31. The average Bonchev–Trinajstić information content (AvgIpc) is 2.76. The fourth-order valence-corrected chi connectivity index (χ4v) is 4.73. The number of rotatable bonds is 8. The minimum absolute atomic E-state index is 0.0982. The van der Waals surface area contributed by atoms with Crippen LogP contribution in [-0.4, -0.2) is 20.9 Å². The topological polar surface area (TPSA) is 84.5 Å². The molecule has 0 aliphatic carbocycles. The Bertz CT molecular complexity index is 1240. The fourth-order valence-electron chi connectivity index (χ4n) is 3.41. The number of carbonyl (C=O) groups is 1. The number of benzene rings is 3. The number of sulfonamides is 1. The highest BCUT2D eigenvalue weighted by atomic mass is 79.9. The molecule has 0 bridgehead atoms. The van der Waals surface area contributed by atoms with Crippen LogP contribution in [0.3, 0.4) is 0 Å². The van der Waals surface area contributed by atoms with E-state index in [0.29, 0.717) is 11.4 Å². The van der Waals surface area contributed by atoms with Crippen LogP contribution in [0.15, 0.2) is 70.0 Å². The van der Waals surface area contributed by atoms with E-state index in [4.69, 9.17) is 4.74 Å². The van der Waals surface area contributed by atoms with Crippen molar-refractivity contribution in [3.63, 3.8) is 0 Å². The lowest BCUT2D eigenvalue weighted by Gasteiger charge is -2.18. The van der Waals surface area contributed by atoms with E-state index in [1.54, 1.807) is 24.3 Å². The Morgan fingerprint density at radius 3 is 2.18 bits per heavy atom. The maximum atomic E-state index is 12.6. The van der Waals surface area contributed by atoms with Crippen molar-refractivity contribution in [2.45, 2.75) is 38.6 Å². The summed E-state index contributed by atoms with van der Waals surface area (Å²) in [4.78, 5) is 12.5. The van der Waals surface area contributed by atoms with Crippen molar-refractivity contribution in [3.8, 4) is 5.75 Å². The molecule has 8 heteroatoms.